The van der Waals surface area contributed by atoms with Gasteiger partial charge in [-0.3, -0.25) is 4.99 Å². The minimum atomic E-state index is 0.153. The van der Waals surface area contributed by atoms with Gasteiger partial charge in [0.25, 0.3) is 0 Å². The lowest BCUT2D eigenvalue weighted by Gasteiger charge is -2.28. The van der Waals surface area contributed by atoms with Crippen LogP contribution in [0.5, 0.6) is 5.88 Å². The van der Waals surface area contributed by atoms with Crippen LogP contribution >= 0.6 is 0 Å². The first-order valence-electron chi connectivity index (χ1n) is 12.0. The number of benzene rings is 1. The molecule has 2 unspecified atom stereocenters. The molecule has 6 rings (SSSR count). The van der Waals surface area contributed by atoms with Gasteiger partial charge in [0.1, 0.15) is 17.2 Å². The van der Waals surface area contributed by atoms with Crippen LogP contribution in [0.4, 0.5) is 0 Å². The number of ether oxygens (including phenoxy) is 1. The Hall–Kier alpha value is -4.07. The molecule has 3 aromatic heterocycles. The van der Waals surface area contributed by atoms with Crippen LogP contribution in [-0.4, -0.2) is 48.2 Å². The van der Waals surface area contributed by atoms with E-state index in [2.05, 4.69) is 41.4 Å². The van der Waals surface area contributed by atoms with Crippen LogP contribution in [0.25, 0.3) is 17.2 Å². The zero-order valence-corrected chi connectivity index (χ0v) is 19.9. The average Bonchev–Trinajstić information content (AvgIpc) is 3.55. The number of aromatic nitrogens is 6. The molecule has 0 amide bonds. The van der Waals surface area contributed by atoms with Gasteiger partial charge in [-0.15, -0.1) is 5.10 Å². The van der Waals surface area contributed by atoms with E-state index in [-0.39, 0.29) is 12.0 Å². The summed E-state index contributed by atoms with van der Waals surface area (Å²) in [6.07, 6.45) is 11.1. The number of aliphatic imine (C=N–C) groups is 1. The number of imidazole rings is 1. The minimum absolute atomic E-state index is 0.153. The van der Waals surface area contributed by atoms with Crippen LogP contribution in [-0.2, 0) is 6.54 Å². The van der Waals surface area contributed by atoms with E-state index < -0.39 is 0 Å². The van der Waals surface area contributed by atoms with E-state index in [1.54, 1.807) is 13.4 Å². The number of dihydropyridines is 1. The summed E-state index contributed by atoms with van der Waals surface area (Å²) < 4.78 is 9.55. The Kier molecular flexibility index (Phi) is 5.48. The number of rotatable bonds is 5. The summed E-state index contributed by atoms with van der Waals surface area (Å²) in [5, 5.41) is 4.83. The molecule has 0 spiro atoms. The molecule has 2 atom stereocenters. The number of methoxy groups -OCH3 is 1. The van der Waals surface area contributed by atoms with E-state index in [0.717, 1.165) is 54.3 Å². The average molecular weight is 466 g/mol. The number of hydrogen-bond donors (Lipinski definition) is 0. The first kappa shape index (κ1) is 21.5. The molecule has 2 aliphatic heterocycles. The zero-order valence-electron chi connectivity index (χ0n) is 19.9. The monoisotopic (exact) mass is 465 g/mol. The Bertz CT molecular complexity index is 1420. The zero-order chi connectivity index (χ0) is 23.8. The van der Waals surface area contributed by atoms with Crippen LogP contribution < -0.4 is 4.74 Å². The van der Waals surface area contributed by atoms with Crippen molar-refractivity contribution < 1.29 is 4.74 Å². The molecule has 0 saturated carbocycles. The molecule has 35 heavy (non-hydrogen) atoms. The molecule has 0 fully saturated rings. The fourth-order valence-electron chi connectivity index (χ4n) is 4.94. The first-order valence-corrected chi connectivity index (χ1v) is 12.0. The van der Waals surface area contributed by atoms with Crippen LogP contribution in [0.1, 0.15) is 42.3 Å². The molecule has 5 heterocycles. The highest BCUT2D eigenvalue weighted by molar-refractivity contribution is 6.09. The van der Waals surface area contributed by atoms with Crippen molar-refractivity contribution >= 4 is 5.71 Å². The predicted octanol–water partition coefficient (Wildman–Crippen LogP) is 4.54. The van der Waals surface area contributed by atoms with E-state index >= 15 is 0 Å². The van der Waals surface area contributed by atoms with Crippen molar-refractivity contribution in [1.29, 1.82) is 0 Å². The molecule has 2 aliphatic rings. The van der Waals surface area contributed by atoms with Gasteiger partial charge < -0.3 is 9.30 Å². The third kappa shape index (κ3) is 4.05. The molecule has 1 aromatic carbocycles. The summed E-state index contributed by atoms with van der Waals surface area (Å²) in [6.45, 7) is 2.82. The Morgan fingerprint density at radius 2 is 1.94 bits per heavy atom. The molecular formula is C27H27N7O. The molecule has 176 valence electrons. The van der Waals surface area contributed by atoms with Gasteiger partial charge in [0, 0.05) is 18.7 Å². The van der Waals surface area contributed by atoms with Crippen LogP contribution in [0, 0.1) is 6.92 Å². The van der Waals surface area contributed by atoms with Crippen molar-refractivity contribution in [1.82, 2.24) is 29.3 Å². The molecule has 0 radical (unpaired) electrons. The molecule has 8 heteroatoms. The van der Waals surface area contributed by atoms with Gasteiger partial charge in [-0.2, -0.15) is 0 Å². The van der Waals surface area contributed by atoms with Crippen molar-refractivity contribution in [2.24, 2.45) is 4.99 Å². The summed E-state index contributed by atoms with van der Waals surface area (Å²) in [4.78, 5) is 19.2. The van der Waals surface area contributed by atoms with E-state index in [0.29, 0.717) is 17.4 Å². The Morgan fingerprint density at radius 1 is 1.06 bits per heavy atom. The predicted molar refractivity (Wildman–Crippen MR) is 134 cm³/mol. The van der Waals surface area contributed by atoms with Gasteiger partial charge in [0.05, 0.1) is 30.9 Å². The lowest BCUT2D eigenvalue weighted by atomic mass is 9.88. The molecular weight excluding hydrogens is 438 g/mol. The van der Waals surface area contributed by atoms with E-state index in [1.807, 2.05) is 40.6 Å². The minimum Gasteiger partial charge on any atom is -0.479 e. The smallest absolute Gasteiger partial charge is 0.238 e. The number of nitrogens with zero attached hydrogens (tertiary/aromatic N) is 7. The highest BCUT2D eigenvalue weighted by Crippen LogP contribution is 2.35. The number of allylic oxidation sites excluding steroid dienone is 1. The second-order valence-electron chi connectivity index (χ2n) is 9.00. The maximum atomic E-state index is 5.60. The summed E-state index contributed by atoms with van der Waals surface area (Å²) in [5.74, 6) is 2.36. The maximum Gasteiger partial charge on any atom is 0.238 e. The van der Waals surface area contributed by atoms with Crippen molar-refractivity contribution in [2.75, 3.05) is 7.11 Å². The molecule has 8 nitrogen and oxygen atoms in total. The standard InChI is InChI=1S/C27H27N7O/c1-18-16-33(17-28-18)24-14-13-23(30-27(24)35-2)25-31-26-20(10-7-15-34(26)32-25)22-12-6-11-21(29-22)19-8-4-3-5-9-19/h3-6,8-9,11,13-14,16-17,20,22H,7,10,12,15H2,1-2H3. The fraction of sp³-hybridized carbons (Fsp3) is 0.296. The Morgan fingerprint density at radius 3 is 2.74 bits per heavy atom. The second kappa shape index (κ2) is 8.94. The van der Waals surface area contributed by atoms with Crippen LogP contribution in [0.3, 0.4) is 0 Å². The highest BCUT2D eigenvalue weighted by Gasteiger charge is 2.32. The quantitative estimate of drug-likeness (QED) is 0.432. The largest absolute Gasteiger partial charge is 0.479 e. The van der Waals surface area contributed by atoms with Gasteiger partial charge in [-0.05, 0) is 50.0 Å². The van der Waals surface area contributed by atoms with Crippen molar-refractivity contribution in [2.45, 2.75) is 44.7 Å². The van der Waals surface area contributed by atoms with Crippen molar-refractivity contribution in [3.05, 3.63) is 84.2 Å². The SMILES string of the molecule is COc1nc(-c2nc3n(n2)CCCC3C2CC=CC(c3ccccc3)=N2)ccc1-n1cnc(C)c1. The Labute approximate surface area is 204 Å². The molecule has 0 saturated heterocycles. The van der Waals surface area contributed by atoms with E-state index in [1.165, 1.54) is 0 Å². The Balaban J connectivity index is 1.32. The van der Waals surface area contributed by atoms with Gasteiger partial charge in [-0.25, -0.2) is 19.6 Å². The van der Waals surface area contributed by atoms with E-state index in [9.17, 15) is 0 Å². The van der Waals surface area contributed by atoms with E-state index in [4.69, 9.17) is 24.8 Å². The van der Waals surface area contributed by atoms with Gasteiger partial charge in [0.15, 0.2) is 5.82 Å². The van der Waals surface area contributed by atoms with Crippen LogP contribution in [0.2, 0.25) is 0 Å². The summed E-state index contributed by atoms with van der Waals surface area (Å²) in [5.41, 5.74) is 4.64. The summed E-state index contributed by atoms with van der Waals surface area (Å²) in [7, 11) is 1.62. The normalized spacial score (nSPS) is 19.3. The fourth-order valence-corrected chi connectivity index (χ4v) is 4.94. The lowest BCUT2D eigenvalue weighted by molar-refractivity contribution is 0.373. The van der Waals surface area contributed by atoms with Gasteiger partial charge in [-0.1, -0.05) is 36.4 Å². The van der Waals surface area contributed by atoms with Gasteiger partial charge >= 0.3 is 0 Å². The topological polar surface area (TPSA) is 83.0 Å². The van der Waals surface area contributed by atoms with Crippen molar-refractivity contribution in [3.63, 3.8) is 0 Å². The van der Waals surface area contributed by atoms with Crippen LogP contribution in [0.15, 0.2) is 72.1 Å². The second-order valence-corrected chi connectivity index (χ2v) is 9.00. The third-order valence-corrected chi connectivity index (χ3v) is 6.66. The lowest BCUT2D eigenvalue weighted by Crippen LogP contribution is -2.27. The molecule has 4 aromatic rings. The maximum absolute atomic E-state index is 5.60. The number of pyridine rings is 1. The third-order valence-electron chi connectivity index (χ3n) is 6.66. The first-order chi connectivity index (χ1) is 17.2. The molecule has 0 aliphatic carbocycles. The summed E-state index contributed by atoms with van der Waals surface area (Å²) in [6, 6.07) is 14.4. The number of aryl methyl sites for hydroxylation is 2. The molecule has 0 bridgehead atoms. The number of fused-ring (bicyclic) bond motifs is 1. The van der Waals surface area contributed by atoms with Crippen molar-refractivity contribution in [3.8, 4) is 23.1 Å². The highest BCUT2D eigenvalue weighted by atomic mass is 16.5. The summed E-state index contributed by atoms with van der Waals surface area (Å²) >= 11 is 0. The number of hydrogen-bond acceptors (Lipinski definition) is 6. The molecule has 0 N–H and O–H groups in total. The van der Waals surface area contributed by atoms with Gasteiger partial charge in [0.2, 0.25) is 5.88 Å².